The highest BCUT2D eigenvalue weighted by Gasteiger charge is 2.70. The van der Waals surface area contributed by atoms with Crippen LogP contribution in [0.15, 0.2) is 109 Å². The molecule has 196 valence electrons. The highest BCUT2D eigenvalue weighted by atomic mass is 16.2. The summed E-state index contributed by atoms with van der Waals surface area (Å²) >= 11 is 0. The third kappa shape index (κ3) is 3.24. The maximum atomic E-state index is 14.7. The van der Waals surface area contributed by atoms with E-state index in [2.05, 4.69) is 22.4 Å². The highest BCUT2D eigenvalue weighted by Crippen LogP contribution is 2.58. The fraction of sp³-hybridized carbons (Fsp3) is 0.171. The van der Waals surface area contributed by atoms with Gasteiger partial charge in [-0.1, -0.05) is 96.6 Å². The summed E-state index contributed by atoms with van der Waals surface area (Å²) in [6.07, 6.45) is 2.09. The lowest BCUT2D eigenvalue weighted by atomic mass is 9.64. The van der Waals surface area contributed by atoms with Crippen molar-refractivity contribution >= 4 is 34.4 Å². The van der Waals surface area contributed by atoms with Crippen LogP contribution >= 0.6 is 0 Å². The van der Waals surface area contributed by atoms with E-state index < -0.39 is 23.4 Å². The first-order valence-corrected chi connectivity index (χ1v) is 13.6. The molecule has 1 spiro atoms. The third-order valence-electron chi connectivity index (χ3n) is 8.80. The van der Waals surface area contributed by atoms with Crippen LogP contribution in [-0.4, -0.2) is 29.6 Å². The molecule has 5 heteroatoms. The minimum absolute atomic E-state index is 0.173. The van der Waals surface area contributed by atoms with Gasteiger partial charge >= 0.3 is 0 Å². The molecule has 0 radical (unpaired) electrons. The van der Waals surface area contributed by atoms with Crippen molar-refractivity contribution in [3.05, 3.63) is 137 Å². The van der Waals surface area contributed by atoms with E-state index in [4.69, 9.17) is 0 Å². The number of anilines is 2. The number of benzene rings is 4. The van der Waals surface area contributed by atoms with E-state index in [0.717, 1.165) is 28.0 Å². The van der Waals surface area contributed by atoms with Crippen molar-refractivity contribution in [3.63, 3.8) is 0 Å². The monoisotopic (exact) mass is 524 g/mol. The predicted molar refractivity (Wildman–Crippen MR) is 157 cm³/mol. The molecule has 0 aromatic heterocycles. The molecule has 0 aliphatic carbocycles. The van der Waals surface area contributed by atoms with Crippen LogP contribution in [0.5, 0.6) is 0 Å². The Labute approximate surface area is 233 Å². The number of hydrogen-bond acceptors (Lipinski definition) is 4. The first kappa shape index (κ1) is 24.3. The van der Waals surface area contributed by atoms with Crippen LogP contribution < -0.4 is 10.2 Å². The first-order valence-electron chi connectivity index (χ1n) is 13.6. The summed E-state index contributed by atoms with van der Waals surface area (Å²) in [6, 6.07) is 30.5. The number of ketones is 2. The molecule has 40 heavy (non-hydrogen) atoms. The van der Waals surface area contributed by atoms with Gasteiger partial charge in [0.1, 0.15) is 11.5 Å². The van der Waals surface area contributed by atoms with E-state index in [-0.39, 0.29) is 17.5 Å². The van der Waals surface area contributed by atoms with Crippen molar-refractivity contribution in [2.75, 3.05) is 10.2 Å². The largest absolute Gasteiger partial charge is 0.352 e. The number of amides is 1. The van der Waals surface area contributed by atoms with Gasteiger partial charge in [0.2, 0.25) is 5.91 Å². The van der Waals surface area contributed by atoms with Gasteiger partial charge in [0.15, 0.2) is 11.6 Å². The Bertz CT molecular complexity index is 1730. The minimum Gasteiger partial charge on any atom is -0.352 e. The summed E-state index contributed by atoms with van der Waals surface area (Å²) in [7, 11) is 0. The lowest BCUT2D eigenvalue weighted by molar-refractivity contribution is -0.121. The summed E-state index contributed by atoms with van der Waals surface area (Å²) in [4.78, 5) is 45.8. The second kappa shape index (κ2) is 8.88. The number of Topliss-reactive ketones (excluding diaryl/α,β-unsaturated/α-hetero) is 2. The Balaban J connectivity index is 1.57. The van der Waals surface area contributed by atoms with E-state index in [1.807, 2.05) is 86.6 Å². The van der Waals surface area contributed by atoms with Gasteiger partial charge in [0.05, 0.1) is 12.0 Å². The molecular formula is C35H28N2O3. The van der Waals surface area contributed by atoms with Crippen LogP contribution in [0, 0.1) is 12.8 Å². The summed E-state index contributed by atoms with van der Waals surface area (Å²) in [6.45, 7) is 4.09. The molecule has 5 nitrogen and oxygen atoms in total. The number of nitrogens with one attached hydrogen (secondary N) is 1. The molecule has 1 amide bonds. The topological polar surface area (TPSA) is 66.5 Å². The molecular weight excluding hydrogens is 496 g/mol. The second-order valence-corrected chi connectivity index (χ2v) is 11.0. The minimum atomic E-state index is -1.30. The smallest absolute Gasteiger partial charge is 0.238 e. The average Bonchev–Trinajstić information content (AvgIpc) is 3.45. The maximum Gasteiger partial charge on any atom is 0.238 e. The van der Waals surface area contributed by atoms with Crippen molar-refractivity contribution in [1.82, 2.24) is 0 Å². The zero-order valence-electron chi connectivity index (χ0n) is 22.3. The molecule has 1 N–H and O–H groups in total. The van der Waals surface area contributed by atoms with Crippen LogP contribution in [0.2, 0.25) is 0 Å². The van der Waals surface area contributed by atoms with E-state index in [1.165, 1.54) is 0 Å². The van der Waals surface area contributed by atoms with Gasteiger partial charge in [-0.25, -0.2) is 0 Å². The predicted octanol–water partition coefficient (Wildman–Crippen LogP) is 6.24. The molecule has 3 heterocycles. The Morgan fingerprint density at radius 3 is 2.10 bits per heavy atom. The third-order valence-corrected chi connectivity index (χ3v) is 8.80. The number of carbonyl (C=O) groups excluding carboxylic acids is 3. The zero-order valence-corrected chi connectivity index (χ0v) is 22.3. The summed E-state index contributed by atoms with van der Waals surface area (Å²) < 4.78 is 0. The quantitative estimate of drug-likeness (QED) is 0.321. The number of carbonyl (C=O) groups is 3. The molecule has 4 aromatic rings. The normalized spacial score (nSPS) is 24.1. The van der Waals surface area contributed by atoms with E-state index in [0.29, 0.717) is 16.8 Å². The molecule has 0 saturated carbocycles. The zero-order chi connectivity index (χ0) is 27.6. The second-order valence-electron chi connectivity index (χ2n) is 11.0. The fourth-order valence-electron chi connectivity index (χ4n) is 7.10. The molecule has 7 rings (SSSR count). The molecule has 1 saturated heterocycles. The van der Waals surface area contributed by atoms with E-state index in [1.54, 1.807) is 24.3 Å². The van der Waals surface area contributed by atoms with Crippen LogP contribution in [0.4, 0.5) is 11.4 Å². The van der Waals surface area contributed by atoms with Gasteiger partial charge in [-0.05, 0) is 43.2 Å². The van der Waals surface area contributed by atoms with Gasteiger partial charge in [-0.2, -0.15) is 0 Å². The number of aryl methyl sites for hydroxylation is 1. The first-order chi connectivity index (χ1) is 19.4. The van der Waals surface area contributed by atoms with Crippen molar-refractivity contribution < 1.29 is 14.4 Å². The van der Waals surface area contributed by atoms with Gasteiger partial charge < -0.3 is 10.2 Å². The lowest BCUT2D eigenvalue weighted by Gasteiger charge is -2.39. The van der Waals surface area contributed by atoms with Crippen molar-refractivity contribution in [1.29, 1.82) is 0 Å². The van der Waals surface area contributed by atoms with Crippen LogP contribution in [0.1, 0.15) is 44.3 Å². The van der Waals surface area contributed by atoms with Crippen LogP contribution in [0.25, 0.3) is 5.57 Å². The van der Waals surface area contributed by atoms with Gasteiger partial charge in [-0.15, -0.1) is 0 Å². The lowest BCUT2D eigenvalue weighted by Crippen LogP contribution is -2.51. The van der Waals surface area contributed by atoms with Crippen molar-refractivity contribution in [3.8, 4) is 0 Å². The molecule has 4 unspecified atom stereocenters. The molecule has 4 aromatic carbocycles. The Morgan fingerprint density at radius 1 is 0.775 bits per heavy atom. The van der Waals surface area contributed by atoms with Gasteiger partial charge in [-0.3, -0.25) is 14.4 Å². The Hall–Kier alpha value is -4.77. The number of para-hydroxylation sites is 1. The number of rotatable bonds is 4. The van der Waals surface area contributed by atoms with Crippen LogP contribution in [-0.2, 0) is 10.2 Å². The summed E-state index contributed by atoms with van der Waals surface area (Å²) in [5, 5.41) is 3.09. The van der Waals surface area contributed by atoms with Crippen molar-refractivity contribution in [2.24, 2.45) is 5.92 Å². The molecule has 3 aliphatic rings. The van der Waals surface area contributed by atoms with E-state index >= 15 is 0 Å². The Kier molecular flexibility index (Phi) is 5.39. The van der Waals surface area contributed by atoms with Crippen molar-refractivity contribution in [2.45, 2.75) is 31.3 Å². The number of hydrogen-bond donors (Lipinski definition) is 1. The Morgan fingerprint density at radius 2 is 1.40 bits per heavy atom. The molecule has 3 aliphatic heterocycles. The fourth-order valence-corrected chi connectivity index (χ4v) is 7.10. The van der Waals surface area contributed by atoms with Gasteiger partial charge in [0, 0.05) is 28.1 Å². The van der Waals surface area contributed by atoms with Crippen LogP contribution in [0.3, 0.4) is 0 Å². The molecule has 0 bridgehead atoms. The number of allylic oxidation sites excluding steroid dienone is 1. The van der Waals surface area contributed by atoms with E-state index in [9.17, 15) is 14.4 Å². The molecule has 4 atom stereocenters. The highest BCUT2D eigenvalue weighted by molar-refractivity contribution is 6.18. The van der Waals surface area contributed by atoms with Gasteiger partial charge in [0.25, 0.3) is 0 Å². The average molecular weight is 525 g/mol. The number of nitrogens with zero attached hydrogens (tertiary/aromatic N) is 1. The summed E-state index contributed by atoms with van der Waals surface area (Å²) in [5.74, 6) is -1.60. The molecule has 1 fully saturated rings. The maximum absolute atomic E-state index is 14.7. The number of fused-ring (bicyclic) bond motifs is 6. The standard InChI is InChI=1S/C35H28N2O3/c1-21-17-18-28-25(19-21)22(2)20-29-35(26-15-9-10-16-27(26)36-34(35)40)30(32(38)23-11-5-3-6-12-23)31(37(28)29)33(39)24-13-7-4-8-14-24/h3-20,29-31H,1-2H3,(H,36,40). The summed E-state index contributed by atoms with van der Waals surface area (Å²) in [5.41, 5.74) is 5.14. The SMILES string of the molecule is CC1=CC2N(c3ccc(C)cc31)C(C(=O)c1ccccc1)C(C(=O)c1ccccc1)C21C(=O)Nc2ccccc21.